The van der Waals surface area contributed by atoms with Crippen molar-refractivity contribution in [3.63, 3.8) is 0 Å². The first-order valence-electron chi connectivity index (χ1n) is 8.22. The van der Waals surface area contributed by atoms with Crippen molar-refractivity contribution in [1.82, 2.24) is 9.55 Å². The lowest BCUT2D eigenvalue weighted by Crippen LogP contribution is -2.03. The van der Waals surface area contributed by atoms with Crippen LogP contribution in [0.15, 0.2) is 60.8 Å². The van der Waals surface area contributed by atoms with Crippen molar-refractivity contribution in [3.05, 3.63) is 66.4 Å². The van der Waals surface area contributed by atoms with Gasteiger partial charge >= 0.3 is 0 Å². The second-order valence-corrected chi connectivity index (χ2v) is 5.90. The summed E-state index contributed by atoms with van der Waals surface area (Å²) in [5, 5.41) is 5.97. The highest BCUT2D eigenvalue weighted by Gasteiger charge is 2.09. The molecule has 0 unspecified atom stereocenters. The Labute approximate surface area is 140 Å². The van der Waals surface area contributed by atoms with E-state index < -0.39 is 0 Å². The van der Waals surface area contributed by atoms with Gasteiger partial charge in [0.1, 0.15) is 5.82 Å². The number of hydrogen-bond acceptors (Lipinski definition) is 3. The zero-order valence-electron chi connectivity index (χ0n) is 13.7. The Kier molecular flexibility index (Phi) is 3.58. The highest BCUT2D eigenvalue weighted by Crippen LogP contribution is 2.30. The maximum Gasteiger partial charge on any atom is 0.146 e. The minimum Gasteiger partial charge on any atom is -0.382 e. The van der Waals surface area contributed by atoms with Gasteiger partial charge in [0, 0.05) is 41.1 Å². The number of nitrogens with one attached hydrogen (secondary N) is 1. The van der Waals surface area contributed by atoms with E-state index in [9.17, 15) is 0 Å². The normalized spacial score (nSPS) is 11.2. The van der Waals surface area contributed by atoms with Gasteiger partial charge in [-0.15, -0.1) is 0 Å². The first-order chi connectivity index (χ1) is 11.8. The maximum absolute atomic E-state index is 5.89. The van der Waals surface area contributed by atoms with Gasteiger partial charge in [0.05, 0.1) is 5.69 Å². The smallest absolute Gasteiger partial charge is 0.146 e. The number of nitrogens with zero attached hydrogens (tertiary/aromatic N) is 2. The van der Waals surface area contributed by atoms with E-state index in [0.717, 1.165) is 18.8 Å². The zero-order valence-corrected chi connectivity index (χ0v) is 13.7. The van der Waals surface area contributed by atoms with Crippen LogP contribution < -0.4 is 11.1 Å². The molecule has 4 nitrogen and oxygen atoms in total. The van der Waals surface area contributed by atoms with Crippen molar-refractivity contribution in [1.29, 1.82) is 0 Å². The van der Waals surface area contributed by atoms with Crippen molar-refractivity contribution in [2.45, 2.75) is 20.0 Å². The number of aromatic nitrogens is 2. The molecule has 4 aromatic rings. The third kappa shape index (κ3) is 2.36. The van der Waals surface area contributed by atoms with Gasteiger partial charge in [-0.25, -0.2) is 4.98 Å². The number of para-hydroxylation sites is 1. The first kappa shape index (κ1) is 14.6. The monoisotopic (exact) mass is 316 g/mol. The van der Waals surface area contributed by atoms with Crippen LogP contribution in [0.1, 0.15) is 12.5 Å². The number of rotatable bonds is 4. The molecule has 0 bridgehead atoms. The van der Waals surface area contributed by atoms with E-state index in [-0.39, 0.29) is 0 Å². The Hall–Kier alpha value is -3.01. The Morgan fingerprint density at radius 3 is 2.67 bits per heavy atom. The summed E-state index contributed by atoms with van der Waals surface area (Å²) in [6, 6.07) is 19.1. The summed E-state index contributed by atoms with van der Waals surface area (Å²) < 4.78 is 2.36. The van der Waals surface area contributed by atoms with Crippen LogP contribution in [0.2, 0.25) is 0 Å². The largest absolute Gasteiger partial charge is 0.382 e. The Morgan fingerprint density at radius 1 is 1.00 bits per heavy atom. The molecule has 120 valence electrons. The van der Waals surface area contributed by atoms with E-state index in [4.69, 9.17) is 5.73 Å². The molecule has 0 fully saturated rings. The standard InChI is InChI=1S/C20H20N4/c1-2-24-18-8-4-3-6-15(18)16-12-14(9-10-19(16)24)13-23-17-7-5-11-22-20(17)21/h3-12,23H,2,13H2,1H3,(H2,21,22). The van der Waals surface area contributed by atoms with Crippen molar-refractivity contribution in [2.24, 2.45) is 0 Å². The van der Waals surface area contributed by atoms with E-state index in [2.05, 4.69) is 64.3 Å². The van der Waals surface area contributed by atoms with Gasteiger partial charge in [0.15, 0.2) is 0 Å². The third-order valence-electron chi connectivity index (χ3n) is 4.47. The van der Waals surface area contributed by atoms with E-state index in [0.29, 0.717) is 5.82 Å². The van der Waals surface area contributed by atoms with Crippen LogP contribution in [0, 0.1) is 0 Å². The Bertz CT molecular complexity index is 1020. The number of pyridine rings is 1. The van der Waals surface area contributed by atoms with Crippen LogP contribution in [0.5, 0.6) is 0 Å². The second-order valence-electron chi connectivity index (χ2n) is 5.90. The molecule has 0 atom stereocenters. The van der Waals surface area contributed by atoms with Crippen molar-refractivity contribution < 1.29 is 0 Å². The quantitative estimate of drug-likeness (QED) is 0.586. The number of fused-ring (bicyclic) bond motifs is 3. The van der Waals surface area contributed by atoms with Crippen LogP contribution in [0.3, 0.4) is 0 Å². The van der Waals surface area contributed by atoms with E-state index >= 15 is 0 Å². The molecule has 2 aromatic carbocycles. The number of anilines is 2. The number of hydrogen-bond donors (Lipinski definition) is 2. The molecule has 2 heterocycles. The molecule has 0 radical (unpaired) electrons. The lowest BCUT2D eigenvalue weighted by atomic mass is 10.1. The molecule has 0 amide bonds. The predicted octanol–water partition coefficient (Wildman–Crippen LogP) is 4.40. The van der Waals surface area contributed by atoms with Gasteiger partial charge in [-0.3, -0.25) is 0 Å². The van der Waals surface area contributed by atoms with Crippen molar-refractivity contribution in [2.75, 3.05) is 11.1 Å². The van der Waals surface area contributed by atoms with E-state index in [1.54, 1.807) is 6.20 Å². The number of benzene rings is 2. The van der Waals surface area contributed by atoms with Crippen molar-refractivity contribution in [3.8, 4) is 0 Å². The van der Waals surface area contributed by atoms with Gasteiger partial charge in [-0.05, 0) is 42.8 Å². The zero-order chi connectivity index (χ0) is 16.5. The highest BCUT2D eigenvalue weighted by molar-refractivity contribution is 6.08. The fourth-order valence-corrected chi connectivity index (χ4v) is 3.32. The maximum atomic E-state index is 5.89. The summed E-state index contributed by atoms with van der Waals surface area (Å²) in [7, 11) is 0. The van der Waals surface area contributed by atoms with Crippen LogP contribution in [0.4, 0.5) is 11.5 Å². The highest BCUT2D eigenvalue weighted by atomic mass is 15.0. The second kappa shape index (κ2) is 5.89. The fourth-order valence-electron chi connectivity index (χ4n) is 3.32. The summed E-state index contributed by atoms with van der Waals surface area (Å²) in [4.78, 5) is 4.11. The van der Waals surface area contributed by atoms with E-state index in [1.807, 2.05) is 12.1 Å². The SMILES string of the molecule is CCn1c2ccccc2c2cc(CNc3cccnc3N)ccc21. The summed E-state index contributed by atoms with van der Waals surface area (Å²) >= 11 is 0. The number of nitrogen functional groups attached to an aromatic ring is 1. The minimum atomic E-state index is 0.529. The topological polar surface area (TPSA) is 55.9 Å². The molecule has 0 spiro atoms. The molecule has 3 N–H and O–H groups in total. The van der Waals surface area contributed by atoms with Crippen LogP contribution in [-0.2, 0) is 13.1 Å². The van der Waals surface area contributed by atoms with Gasteiger partial charge in [-0.1, -0.05) is 24.3 Å². The molecule has 0 aliphatic carbocycles. The molecule has 0 aliphatic rings. The van der Waals surface area contributed by atoms with Crippen LogP contribution in [-0.4, -0.2) is 9.55 Å². The molecule has 2 aromatic heterocycles. The van der Waals surface area contributed by atoms with Gasteiger partial charge in [-0.2, -0.15) is 0 Å². The summed E-state index contributed by atoms with van der Waals surface area (Å²) in [6.45, 7) is 3.87. The molecule has 0 saturated carbocycles. The van der Waals surface area contributed by atoms with Gasteiger partial charge in [0.25, 0.3) is 0 Å². The Balaban J connectivity index is 1.73. The molecule has 4 heteroatoms. The molecular formula is C20H20N4. The lowest BCUT2D eigenvalue weighted by molar-refractivity contribution is 0.827. The third-order valence-corrected chi connectivity index (χ3v) is 4.47. The molecule has 0 saturated heterocycles. The first-order valence-corrected chi connectivity index (χ1v) is 8.22. The molecule has 4 rings (SSSR count). The summed E-state index contributed by atoms with van der Waals surface area (Å²) in [5.74, 6) is 0.529. The Morgan fingerprint density at radius 2 is 1.83 bits per heavy atom. The predicted molar refractivity (Wildman–Crippen MR) is 101 cm³/mol. The van der Waals surface area contributed by atoms with Crippen LogP contribution in [0.25, 0.3) is 21.8 Å². The number of aryl methyl sites for hydroxylation is 1. The van der Waals surface area contributed by atoms with Gasteiger partial charge < -0.3 is 15.6 Å². The van der Waals surface area contributed by atoms with E-state index in [1.165, 1.54) is 27.4 Å². The average molecular weight is 316 g/mol. The summed E-state index contributed by atoms with van der Waals surface area (Å²) in [5.41, 5.74) is 10.6. The lowest BCUT2D eigenvalue weighted by Gasteiger charge is -2.09. The molecular weight excluding hydrogens is 296 g/mol. The molecule has 24 heavy (non-hydrogen) atoms. The molecule has 0 aliphatic heterocycles. The fraction of sp³-hybridized carbons (Fsp3) is 0.150. The van der Waals surface area contributed by atoms with Crippen molar-refractivity contribution >= 4 is 33.3 Å². The summed E-state index contributed by atoms with van der Waals surface area (Å²) in [6.07, 6.45) is 1.70. The number of nitrogens with two attached hydrogens (primary N) is 1. The van der Waals surface area contributed by atoms with Gasteiger partial charge in [0.2, 0.25) is 0 Å². The van der Waals surface area contributed by atoms with Crippen LogP contribution >= 0.6 is 0 Å². The minimum absolute atomic E-state index is 0.529. The average Bonchev–Trinajstić information content (AvgIpc) is 2.94.